The highest BCUT2D eigenvalue weighted by Crippen LogP contribution is 2.38. The second-order valence-corrected chi connectivity index (χ2v) is 9.94. The maximum atomic E-state index is 12.1. The highest BCUT2D eigenvalue weighted by Gasteiger charge is 2.29. The highest BCUT2D eigenvalue weighted by atomic mass is 16.5. The van der Waals surface area contributed by atoms with Crippen LogP contribution in [0.5, 0.6) is 11.5 Å². The van der Waals surface area contributed by atoms with Gasteiger partial charge in [0.05, 0.1) is 20.3 Å². The smallest absolute Gasteiger partial charge is 0.343 e. The Kier molecular flexibility index (Phi) is 9.18. The Balaban J connectivity index is 1.28. The van der Waals surface area contributed by atoms with Gasteiger partial charge in [-0.2, -0.15) is 0 Å². The lowest BCUT2D eigenvalue weighted by atomic mass is 9.97. The SMILES string of the molecule is COc1ccc(-c2nc(C3CCN(C(=O)N(C)O)CC3)oc2-c2ccc(OCCOCc3ccccc3)cc2)cc1. The van der Waals surface area contributed by atoms with Crippen LogP contribution in [0.15, 0.2) is 83.3 Å². The number of ether oxygens (including phenoxy) is 3. The van der Waals surface area contributed by atoms with Crippen LogP contribution in [0.2, 0.25) is 0 Å². The fourth-order valence-electron chi connectivity index (χ4n) is 4.86. The Bertz CT molecular complexity index is 1400. The fraction of sp³-hybridized carbons (Fsp3) is 0.312. The molecule has 2 amide bonds. The largest absolute Gasteiger partial charge is 0.497 e. The van der Waals surface area contributed by atoms with Gasteiger partial charge in [0.25, 0.3) is 0 Å². The minimum Gasteiger partial charge on any atom is -0.497 e. The van der Waals surface area contributed by atoms with Crippen LogP contribution >= 0.6 is 0 Å². The van der Waals surface area contributed by atoms with E-state index in [2.05, 4.69) is 0 Å². The molecule has 0 aliphatic carbocycles. The molecule has 5 rings (SSSR count). The van der Waals surface area contributed by atoms with Crippen molar-refractivity contribution in [1.82, 2.24) is 14.9 Å². The number of aromatic nitrogens is 1. The van der Waals surface area contributed by atoms with Crippen LogP contribution < -0.4 is 9.47 Å². The monoisotopic (exact) mass is 557 g/mol. The molecule has 9 nitrogen and oxygen atoms in total. The highest BCUT2D eigenvalue weighted by molar-refractivity contribution is 5.77. The number of hydroxylamine groups is 2. The van der Waals surface area contributed by atoms with Gasteiger partial charge >= 0.3 is 6.03 Å². The Morgan fingerprint density at radius 1 is 0.951 bits per heavy atom. The molecule has 2 heterocycles. The summed E-state index contributed by atoms with van der Waals surface area (Å²) in [6, 6.07) is 25.2. The molecule has 1 fully saturated rings. The van der Waals surface area contributed by atoms with E-state index in [0.29, 0.717) is 62.5 Å². The van der Waals surface area contributed by atoms with Crippen molar-refractivity contribution in [1.29, 1.82) is 0 Å². The third-order valence-corrected chi connectivity index (χ3v) is 7.12. The lowest BCUT2D eigenvalue weighted by molar-refractivity contribution is -0.0358. The van der Waals surface area contributed by atoms with Gasteiger partial charge in [0.2, 0.25) is 0 Å². The molecule has 0 unspecified atom stereocenters. The topological polar surface area (TPSA) is 97.5 Å². The summed E-state index contributed by atoms with van der Waals surface area (Å²) in [4.78, 5) is 18.7. The van der Waals surface area contributed by atoms with Gasteiger partial charge in [-0.1, -0.05) is 30.3 Å². The molecule has 0 atom stereocenters. The van der Waals surface area contributed by atoms with E-state index in [1.165, 1.54) is 7.05 Å². The summed E-state index contributed by atoms with van der Waals surface area (Å²) in [5.74, 6) is 2.89. The lowest BCUT2D eigenvalue weighted by Crippen LogP contribution is -2.43. The molecule has 1 aliphatic rings. The molecule has 0 bridgehead atoms. The number of nitrogens with zero attached hydrogens (tertiary/aromatic N) is 3. The number of urea groups is 1. The normalized spacial score (nSPS) is 13.7. The molecule has 1 N–H and O–H groups in total. The molecule has 0 radical (unpaired) electrons. The Labute approximate surface area is 239 Å². The van der Waals surface area contributed by atoms with Gasteiger partial charge in [0.1, 0.15) is 23.8 Å². The van der Waals surface area contributed by atoms with Crippen LogP contribution in [0.1, 0.15) is 30.2 Å². The molecule has 41 heavy (non-hydrogen) atoms. The van der Waals surface area contributed by atoms with E-state index < -0.39 is 6.03 Å². The van der Waals surface area contributed by atoms with Gasteiger partial charge in [0.15, 0.2) is 11.7 Å². The summed E-state index contributed by atoms with van der Waals surface area (Å²) in [5.41, 5.74) is 3.69. The minimum absolute atomic E-state index is 0.0623. The number of carbonyl (C=O) groups excluding carboxylic acids is 1. The van der Waals surface area contributed by atoms with Crippen molar-refractivity contribution in [2.45, 2.75) is 25.4 Å². The van der Waals surface area contributed by atoms with Gasteiger partial charge in [-0.15, -0.1) is 0 Å². The first kappa shape index (κ1) is 28.2. The molecule has 0 saturated carbocycles. The predicted molar refractivity (Wildman–Crippen MR) is 154 cm³/mol. The number of hydrogen-bond acceptors (Lipinski definition) is 7. The summed E-state index contributed by atoms with van der Waals surface area (Å²) in [5, 5.41) is 10.1. The van der Waals surface area contributed by atoms with E-state index in [-0.39, 0.29) is 5.92 Å². The molecule has 1 saturated heterocycles. The number of benzene rings is 3. The number of amides is 2. The minimum atomic E-state index is -0.402. The van der Waals surface area contributed by atoms with Crippen LogP contribution in [-0.4, -0.2) is 66.6 Å². The average molecular weight is 558 g/mol. The molecular formula is C32H35N3O6. The van der Waals surface area contributed by atoms with Crippen molar-refractivity contribution in [3.05, 3.63) is 90.3 Å². The van der Waals surface area contributed by atoms with Crippen LogP contribution in [0.3, 0.4) is 0 Å². The summed E-state index contributed by atoms with van der Waals surface area (Å²) in [6.07, 6.45) is 1.39. The number of likely N-dealkylation sites (tertiary alicyclic amines) is 1. The zero-order valence-electron chi connectivity index (χ0n) is 23.4. The van der Waals surface area contributed by atoms with Gasteiger partial charge in [-0.25, -0.2) is 14.8 Å². The van der Waals surface area contributed by atoms with E-state index in [9.17, 15) is 10.0 Å². The van der Waals surface area contributed by atoms with E-state index in [1.54, 1.807) is 12.0 Å². The first-order valence-corrected chi connectivity index (χ1v) is 13.7. The third kappa shape index (κ3) is 7.06. The average Bonchev–Trinajstić information content (AvgIpc) is 3.47. The summed E-state index contributed by atoms with van der Waals surface area (Å²) in [7, 11) is 2.98. The molecule has 3 aromatic carbocycles. The van der Waals surface area contributed by atoms with Crippen molar-refractivity contribution in [3.8, 4) is 34.1 Å². The Morgan fingerprint density at radius 2 is 1.61 bits per heavy atom. The number of hydrogen-bond donors (Lipinski definition) is 1. The summed E-state index contributed by atoms with van der Waals surface area (Å²) in [6.45, 7) is 2.53. The summed E-state index contributed by atoms with van der Waals surface area (Å²) >= 11 is 0. The molecule has 9 heteroatoms. The maximum absolute atomic E-state index is 12.1. The third-order valence-electron chi connectivity index (χ3n) is 7.12. The number of rotatable bonds is 10. The summed E-state index contributed by atoms with van der Waals surface area (Å²) < 4.78 is 23.3. The van der Waals surface area contributed by atoms with Gasteiger partial charge in [-0.3, -0.25) is 5.21 Å². The fourth-order valence-corrected chi connectivity index (χ4v) is 4.86. The number of methoxy groups -OCH3 is 1. The number of piperidine rings is 1. The first-order valence-electron chi connectivity index (χ1n) is 13.7. The Morgan fingerprint density at radius 3 is 2.27 bits per heavy atom. The Hall–Kier alpha value is -4.34. The van der Waals surface area contributed by atoms with Crippen LogP contribution in [0.4, 0.5) is 4.79 Å². The zero-order valence-corrected chi connectivity index (χ0v) is 23.4. The van der Waals surface area contributed by atoms with Gasteiger partial charge < -0.3 is 23.5 Å². The second-order valence-electron chi connectivity index (χ2n) is 9.94. The molecule has 0 spiro atoms. The van der Waals surface area contributed by atoms with Crippen molar-refractivity contribution in [2.24, 2.45) is 0 Å². The van der Waals surface area contributed by atoms with E-state index in [4.69, 9.17) is 23.6 Å². The standard InChI is InChI=1S/C32H35N3O6/c1-34(37)32(36)35-18-16-26(17-19-35)31-33-29(24-8-12-27(38-2)13-9-24)30(41-31)25-10-14-28(15-11-25)40-21-20-39-22-23-6-4-3-5-7-23/h3-15,26,37H,16-22H2,1-2H3. The van der Waals surface area contributed by atoms with Gasteiger partial charge in [-0.05, 0) is 66.9 Å². The van der Waals surface area contributed by atoms with Crippen molar-refractivity contribution < 1.29 is 28.6 Å². The van der Waals surface area contributed by atoms with Crippen molar-refractivity contribution in [3.63, 3.8) is 0 Å². The van der Waals surface area contributed by atoms with Crippen LogP contribution in [-0.2, 0) is 11.3 Å². The van der Waals surface area contributed by atoms with E-state index in [0.717, 1.165) is 33.9 Å². The lowest BCUT2D eigenvalue weighted by Gasteiger charge is -2.31. The van der Waals surface area contributed by atoms with Crippen LogP contribution in [0, 0.1) is 0 Å². The maximum Gasteiger partial charge on any atom is 0.343 e. The number of oxazole rings is 1. The molecule has 4 aromatic rings. The molecular weight excluding hydrogens is 522 g/mol. The van der Waals surface area contributed by atoms with Crippen molar-refractivity contribution in [2.75, 3.05) is 40.5 Å². The first-order chi connectivity index (χ1) is 20.0. The van der Waals surface area contributed by atoms with Gasteiger partial charge in [0, 0.05) is 37.2 Å². The van der Waals surface area contributed by atoms with E-state index in [1.807, 2.05) is 78.9 Å². The van der Waals surface area contributed by atoms with Crippen molar-refractivity contribution >= 4 is 6.03 Å². The molecule has 1 aliphatic heterocycles. The second kappa shape index (κ2) is 13.3. The van der Waals surface area contributed by atoms with E-state index >= 15 is 0 Å². The quantitative estimate of drug-likeness (QED) is 0.140. The predicted octanol–water partition coefficient (Wildman–Crippen LogP) is 6.23. The van der Waals surface area contributed by atoms with Crippen LogP contribution in [0.25, 0.3) is 22.6 Å². The zero-order chi connectivity index (χ0) is 28.6. The molecule has 214 valence electrons. The molecule has 1 aromatic heterocycles. The number of carbonyl (C=O) groups is 1.